The van der Waals surface area contributed by atoms with Gasteiger partial charge >= 0.3 is 5.97 Å². The number of esters is 1. The predicted molar refractivity (Wildman–Crippen MR) is 159 cm³/mol. The van der Waals surface area contributed by atoms with E-state index in [-0.39, 0.29) is 11.8 Å². The van der Waals surface area contributed by atoms with E-state index < -0.39 is 5.97 Å². The lowest BCUT2D eigenvalue weighted by atomic mass is 9.98. The molecule has 0 aliphatic carbocycles. The van der Waals surface area contributed by atoms with Gasteiger partial charge in [-0.2, -0.15) is 10.2 Å². The number of hydrogen-bond donors (Lipinski definition) is 2. The van der Waals surface area contributed by atoms with Gasteiger partial charge < -0.3 is 25.2 Å². The van der Waals surface area contributed by atoms with Crippen LogP contribution >= 0.6 is 0 Å². The zero-order chi connectivity index (χ0) is 29.1. The van der Waals surface area contributed by atoms with Crippen molar-refractivity contribution < 1.29 is 19.1 Å². The van der Waals surface area contributed by atoms with Crippen molar-refractivity contribution in [3.63, 3.8) is 0 Å². The van der Waals surface area contributed by atoms with Crippen molar-refractivity contribution in [1.29, 1.82) is 0 Å². The van der Waals surface area contributed by atoms with Gasteiger partial charge in [0.05, 0.1) is 42.0 Å². The largest absolute Gasteiger partial charge is 0.465 e. The average Bonchev–Trinajstić information content (AvgIpc) is 3.30. The number of hydrogen-bond acceptors (Lipinski definition) is 8. The molecule has 3 aromatic carbocycles. The molecule has 0 atom stereocenters. The van der Waals surface area contributed by atoms with Crippen LogP contribution in [0.15, 0.2) is 73.1 Å². The van der Waals surface area contributed by atoms with Crippen LogP contribution in [-0.2, 0) is 14.3 Å². The highest BCUT2D eigenvalue weighted by molar-refractivity contribution is 6.37. The van der Waals surface area contributed by atoms with Gasteiger partial charge in [0, 0.05) is 47.7 Å². The van der Waals surface area contributed by atoms with Crippen molar-refractivity contribution in [2.45, 2.75) is 6.92 Å². The van der Waals surface area contributed by atoms with Gasteiger partial charge in [-0.05, 0) is 62.1 Å². The zero-order valence-electron chi connectivity index (χ0n) is 23.3. The second kappa shape index (κ2) is 11.6. The van der Waals surface area contributed by atoms with E-state index in [1.807, 2.05) is 61.5 Å². The van der Waals surface area contributed by atoms with Crippen LogP contribution in [0.5, 0.6) is 0 Å². The smallest absolute Gasteiger partial charge is 0.337 e. The first kappa shape index (κ1) is 27.5. The van der Waals surface area contributed by atoms with Crippen LogP contribution in [0.25, 0.3) is 22.0 Å². The van der Waals surface area contributed by atoms with E-state index in [0.29, 0.717) is 34.6 Å². The molecule has 1 aliphatic rings. The van der Waals surface area contributed by atoms with Crippen molar-refractivity contribution in [2.75, 3.05) is 49.8 Å². The molecule has 2 amide bonds. The first-order valence-electron chi connectivity index (χ1n) is 13.0. The molecule has 5 rings (SSSR count). The van der Waals surface area contributed by atoms with Crippen LogP contribution in [0.3, 0.4) is 0 Å². The Balaban J connectivity index is 1.58. The number of methoxy groups -OCH3 is 1. The third kappa shape index (κ3) is 5.78. The number of rotatable bonds is 8. The summed E-state index contributed by atoms with van der Waals surface area (Å²) in [4.78, 5) is 41.6. The lowest BCUT2D eigenvalue weighted by Gasteiger charge is -2.23. The number of aromatic nitrogens is 2. The van der Waals surface area contributed by atoms with Crippen molar-refractivity contribution in [3.05, 3.63) is 89.7 Å². The summed E-state index contributed by atoms with van der Waals surface area (Å²) >= 11 is 0. The molecule has 0 saturated carbocycles. The number of nitrogens with one attached hydrogen (secondary N) is 2. The number of ether oxygens (including phenoxy) is 1. The summed E-state index contributed by atoms with van der Waals surface area (Å²) in [5, 5.41) is 16.1. The number of likely N-dealkylation sites (N-methyl/N-ethyl adjacent to an activating group) is 1. The minimum absolute atomic E-state index is 0.0415. The topological polar surface area (TPSA) is 117 Å². The van der Waals surface area contributed by atoms with E-state index in [2.05, 4.69) is 20.8 Å². The van der Waals surface area contributed by atoms with Crippen molar-refractivity contribution >= 4 is 56.9 Å². The molecule has 0 radical (unpaired) electrons. The number of nitrogens with zero attached hydrogens (tertiary/aromatic N) is 4. The molecule has 208 valence electrons. The molecule has 41 heavy (non-hydrogen) atoms. The van der Waals surface area contributed by atoms with Gasteiger partial charge in [0.15, 0.2) is 0 Å². The molecular formula is C31H30N6O4. The maximum absolute atomic E-state index is 13.4. The highest BCUT2D eigenvalue weighted by Crippen LogP contribution is 2.39. The summed E-state index contributed by atoms with van der Waals surface area (Å²) in [5.41, 5.74) is 4.80. The van der Waals surface area contributed by atoms with Gasteiger partial charge in [0.25, 0.3) is 5.91 Å². The van der Waals surface area contributed by atoms with Gasteiger partial charge in [-0.25, -0.2) is 4.79 Å². The second-order valence-corrected chi connectivity index (χ2v) is 9.93. The first-order valence-corrected chi connectivity index (χ1v) is 13.0. The molecule has 4 aromatic rings. The van der Waals surface area contributed by atoms with Gasteiger partial charge in [0.2, 0.25) is 5.91 Å². The third-order valence-corrected chi connectivity index (χ3v) is 6.87. The fourth-order valence-corrected chi connectivity index (χ4v) is 4.73. The summed E-state index contributed by atoms with van der Waals surface area (Å²) < 4.78 is 4.84. The Hall–Kier alpha value is -5.09. The maximum Gasteiger partial charge on any atom is 0.337 e. The number of fused-ring (bicyclic) bond motifs is 2. The van der Waals surface area contributed by atoms with E-state index in [9.17, 15) is 14.4 Å². The number of anilines is 3. The zero-order valence-corrected chi connectivity index (χ0v) is 23.3. The minimum atomic E-state index is -0.487. The fourth-order valence-electron chi connectivity index (χ4n) is 4.73. The van der Waals surface area contributed by atoms with E-state index in [1.165, 1.54) is 7.11 Å². The number of carbonyl (C=O) groups is 3. The lowest BCUT2D eigenvalue weighted by Crippen LogP contribution is -2.35. The number of carbonyl (C=O) groups excluding carboxylic acids is 3. The van der Waals surface area contributed by atoms with Crippen LogP contribution in [0, 0.1) is 0 Å². The van der Waals surface area contributed by atoms with E-state index in [4.69, 9.17) is 4.74 Å². The van der Waals surface area contributed by atoms with Crippen LogP contribution in [0.4, 0.5) is 17.1 Å². The van der Waals surface area contributed by atoms with Crippen LogP contribution < -0.4 is 15.5 Å². The highest BCUT2D eigenvalue weighted by atomic mass is 16.5. The summed E-state index contributed by atoms with van der Waals surface area (Å²) in [6.07, 6.45) is 3.35. The Morgan fingerprint density at radius 1 is 0.902 bits per heavy atom. The van der Waals surface area contributed by atoms with Gasteiger partial charge in [-0.3, -0.25) is 9.59 Å². The van der Waals surface area contributed by atoms with Gasteiger partial charge in [-0.15, -0.1) is 0 Å². The number of benzene rings is 3. The molecule has 0 unspecified atom stereocenters. The van der Waals surface area contributed by atoms with E-state index in [0.717, 1.165) is 34.3 Å². The molecule has 0 fully saturated rings. The average molecular weight is 551 g/mol. The molecular weight excluding hydrogens is 520 g/mol. The SMILES string of the molecule is COC(=O)c1ccc2c(c1)NC(=O)/C2=C(\Nc1ccc(N(CCN(C)C)C(C)=O)cc1)c1ccc2cnncc2c1. The standard InChI is InChI=1S/C31H30N6O4/c1-19(38)37(14-13-36(2)3)25-10-8-24(9-11-25)34-29(20-5-6-22-17-32-33-18-23(22)15-20)28-26-12-7-21(31(40)41-4)16-27(26)35-30(28)39/h5-12,15-18,34H,13-14H2,1-4H3,(H,35,39)/b29-28-. The number of amides is 2. The molecule has 1 aromatic heterocycles. The van der Waals surface area contributed by atoms with Gasteiger partial charge in [-0.1, -0.05) is 18.2 Å². The molecule has 0 saturated heterocycles. The Bertz CT molecular complexity index is 1680. The Morgan fingerprint density at radius 2 is 1.61 bits per heavy atom. The minimum Gasteiger partial charge on any atom is -0.465 e. The predicted octanol–water partition coefficient (Wildman–Crippen LogP) is 4.26. The molecule has 1 aliphatic heterocycles. The van der Waals surface area contributed by atoms with Crippen LogP contribution in [0.2, 0.25) is 0 Å². The van der Waals surface area contributed by atoms with E-state index >= 15 is 0 Å². The van der Waals surface area contributed by atoms with E-state index in [1.54, 1.807) is 42.4 Å². The summed E-state index contributed by atoms with van der Waals surface area (Å²) in [7, 11) is 5.25. The van der Waals surface area contributed by atoms with Crippen molar-refractivity contribution in [1.82, 2.24) is 15.1 Å². The van der Waals surface area contributed by atoms with Crippen LogP contribution in [0.1, 0.15) is 28.4 Å². The molecule has 10 heteroatoms. The van der Waals surface area contributed by atoms with Gasteiger partial charge in [0.1, 0.15) is 0 Å². The molecule has 0 bridgehead atoms. The Labute approximate surface area is 237 Å². The Kier molecular flexibility index (Phi) is 7.75. The molecule has 10 nitrogen and oxygen atoms in total. The molecule has 0 spiro atoms. The normalized spacial score (nSPS) is 13.5. The molecule has 2 heterocycles. The van der Waals surface area contributed by atoms with Crippen LogP contribution in [-0.4, -0.2) is 67.2 Å². The quantitative estimate of drug-likeness (QED) is 0.247. The summed E-state index contributed by atoms with van der Waals surface area (Å²) in [5.74, 6) is -0.834. The Morgan fingerprint density at radius 3 is 2.29 bits per heavy atom. The summed E-state index contributed by atoms with van der Waals surface area (Å²) in [6.45, 7) is 2.85. The first-order chi connectivity index (χ1) is 19.7. The van der Waals surface area contributed by atoms with Crippen molar-refractivity contribution in [2.24, 2.45) is 0 Å². The highest BCUT2D eigenvalue weighted by Gasteiger charge is 2.29. The lowest BCUT2D eigenvalue weighted by molar-refractivity contribution is -0.116. The monoisotopic (exact) mass is 550 g/mol. The molecule has 2 N–H and O–H groups in total. The fraction of sp³-hybridized carbons (Fsp3) is 0.194. The third-order valence-electron chi connectivity index (χ3n) is 6.87. The summed E-state index contributed by atoms with van der Waals surface area (Å²) in [6, 6.07) is 18.3. The van der Waals surface area contributed by atoms with Crippen molar-refractivity contribution in [3.8, 4) is 0 Å². The second-order valence-electron chi connectivity index (χ2n) is 9.93. The maximum atomic E-state index is 13.4.